The molecule has 0 spiro atoms. The summed E-state index contributed by atoms with van der Waals surface area (Å²) in [5.41, 5.74) is 4.11. The van der Waals surface area contributed by atoms with Gasteiger partial charge in [0.05, 0.1) is 6.10 Å². The molecule has 3 aromatic rings. The summed E-state index contributed by atoms with van der Waals surface area (Å²) in [6.07, 6.45) is 1.18. The van der Waals surface area contributed by atoms with Crippen molar-refractivity contribution in [2.24, 2.45) is 0 Å². The molecule has 27 heavy (non-hydrogen) atoms. The lowest BCUT2D eigenvalue weighted by Gasteiger charge is -2.12. The van der Waals surface area contributed by atoms with Gasteiger partial charge in [0.15, 0.2) is 0 Å². The van der Waals surface area contributed by atoms with E-state index in [2.05, 4.69) is 39.7 Å². The van der Waals surface area contributed by atoms with E-state index < -0.39 is 0 Å². The lowest BCUT2D eigenvalue weighted by molar-refractivity contribution is 0.242. The third-order valence-electron chi connectivity index (χ3n) is 3.97. The Labute approximate surface area is 160 Å². The smallest absolute Gasteiger partial charge is 0.229 e. The molecule has 0 atom stereocenters. The Morgan fingerprint density at radius 3 is 2.15 bits per heavy atom. The zero-order valence-electron chi connectivity index (χ0n) is 16.3. The second kappa shape index (κ2) is 8.54. The first-order chi connectivity index (χ1) is 13.0. The van der Waals surface area contributed by atoms with Gasteiger partial charge in [-0.1, -0.05) is 19.1 Å². The first-order valence-electron chi connectivity index (χ1n) is 9.27. The summed E-state index contributed by atoms with van der Waals surface area (Å²) in [4.78, 5) is 9.05. The number of nitrogens with one attached hydrogen (secondary N) is 2. The Morgan fingerprint density at radius 1 is 0.889 bits per heavy atom. The van der Waals surface area contributed by atoms with Gasteiger partial charge in [-0.05, 0) is 69.2 Å². The molecule has 1 heterocycles. The highest BCUT2D eigenvalue weighted by Crippen LogP contribution is 2.22. The minimum atomic E-state index is 0.161. The summed E-state index contributed by atoms with van der Waals surface area (Å²) < 4.78 is 5.68. The molecule has 0 saturated heterocycles. The van der Waals surface area contributed by atoms with Crippen molar-refractivity contribution >= 4 is 23.1 Å². The van der Waals surface area contributed by atoms with Crippen molar-refractivity contribution in [1.82, 2.24) is 9.97 Å². The molecule has 140 valence electrons. The van der Waals surface area contributed by atoms with Crippen LogP contribution in [0.4, 0.5) is 23.1 Å². The van der Waals surface area contributed by atoms with Crippen LogP contribution < -0.4 is 15.4 Å². The Morgan fingerprint density at radius 2 is 1.52 bits per heavy atom. The van der Waals surface area contributed by atoms with Gasteiger partial charge in [0.1, 0.15) is 11.6 Å². The molecule has 0 saturated carbocycles. The molecule has 5 heteroatoms. The van der Waals surface area contributed by atoms with E-state index in [4.69, 9.17) is 4.74 Å². The van der Waals surface area contributed by atoms with Crippen molar-refractivity contribution in [3.05, 3.63) is 65.9 Å². The molecular formula is C22H26N4O. The molecule has 0 radical (unpaired) electrons. The molecule has 2 N–H and O–H groups in total. The second-order valence-electron chi connectivity index (χ2n) is 6.71. The number of hydrogen-bond acceptors (Lipinski definition) is 5. The van der Waals surface area contributed by atoms with Gasteiger partial charge in [-0.3, -0.25) is 0 Å². The maximum atomic E-state index is 5.68. The van der Waals surface area contributed by atoms with Gasteiger partial charge in [-0.2, -0.15) is 4.98 Å². The van der Waals surface area contributed by atoms with Crippen LogP contribution >= 0.6 is 0 Å². The van der Waals surface area contributed by atoms with Crippen molar-refractivity contribution in [2.45, 2.75) is 40.2 Å². The van der Waals surface area contributed by atoms with Crippen LogP contribution in [-0.2, 0) is 6.42 Å². The first kappa shape index (κ1) is 18.7. The fourth-order valence-corrected chi connectivity index (χ4v) is 2.68. The maximum absolute atomic E-state index is 5.68. The normalized spacial score (nSPS) is 10.7. The van der Waals surface area contributed by atoms with Crippen LogP contribution in [0.5, 0.6) is 5.75 Å². The molecule has 1 aromatic heterocycles. The van der Waals surface area contributed by atoms with Gasteiger partial charge >= 0.3 is 0 Å². The van der Waals surface area contributed by atoms with Crippen LogP contribution in [0.25, 0.3) is 0 Å². The molecule has 0 unspecified atom stereocenters. The van der Waals surface area contributed by atoms with E-state index >= 15 is 0 Å². The van der Waals surface area contributed by atoms with E-state index in [1.807, 2.05) is 63.2 Å². The highest BCUT2D eigenvalue weighted by Gasteiger charge is 2.05. The van der Waals surface area contributed by atoms with E-state index in [0.29, 0.717) is 5.95 Å². The lowest BCUT2D eigenvalue weighted by Crippen LogP contribution is -2.05. The van der Waals surface area contributed by atoms with E-state index in [-0.39, 0.29) is 6.10 Å². The van der Waals surface area contributed by atoms with Crippen LogP contribution in [0.3, 0.4) is 0 Å². The summed E-state index contributed by atoms with van der Waals surface area (Å²) in [5.74, 6) is 2.17. The van der Waals surface area contributed by atoms with Crippen LogP contribution in [0, 0.1) is 6.92 Å². The van der Waals surface area contributed by atoms with Crippen LogP contribution in [0.2, 0.25) is 0 Å². The molecule has 0 bridgehead atoms. The van der Waals surface area contributed by atoms with Crippen molar-refractivity contribution in [2.75, 3.05) is 10.6 Å². The maximum Gasteiger partial charge on any atom is 0.229 e. The third-order valence-corrected chi connectivity index (χ3v) is 3.97. The largest absolute Gasteiger partial charge is 0.491 e. The van der Waals surface area contributed by atoms with Gasteiger partial charge < -0.3 is 15.4 Å². The standard InChI is InChI=1S/C22H26N4O/c1-5-17-6-8-19(9-7-17)25-22-23-16(4)14-21(26-22)24-18-10-12-20(13-11-18)27-15(2)3/h6-15H,5H2,1-4H3,(H2,23,24,25,26). The molecular weight excluding hydrogens is 336 g/mol. The van der Waals surface area contributed by atoms with E-state index in [0.717, 1.165) is 35.1 Å². The fraction of sp³-hybridized carbons (Fsp3) is 0.273. The number of benzene rings is 2. The number of hydrogen-bond donors (Lipinski definition) is 2. The molecule has 0 aliphatic rings. The highest BCUT2D eigenvalue weighted by molar-refractivity contribution is 5.60. The molecule has 0 fully saturated rings. The monoisotopic (exact) mass is 362 g/mol. The van der Waals surface area contributed by atoms with Crippen molar-refractivity contribution in [3.8, 4) is 5.75 Å². The average Bonchev–Trinajstić information content (AvgIpc) is 2.63. The molecule has 3 rings (SSSR count). The van der Waals surface area contributed by atoms with E-state index in [9.17, 15) is 0 Å². The summed E-state index contributed by atoms with van der Waals surface area (Å²) in [6.45, 7) is 8.13. The van der Waals surface area contributed by atoms with Crippen molar-refractivity contribution in [1.29, 1.82) is 0 Å². The third kappa shape index (κ3) is 5.45. The summed E-state index contributed by atoms with van der Waals surface area (Å²) in [7, 11) is 0. The fourth-order valence-electron chi connectivity index (χ4n) is 2.68. The topological polar surface area (TPSA) is 59.1 Å². The van der Waals surface area contributed by atoms with Gasteiger partial charge in [0.2, 0.25) is 5.95 Å². The molecule has 0 aliphatic carbocycles. The van der Waals surface area contributed by atoms with Gasteiger partial charge in [-0.25, -0.2) is 4.98 Å². The molecule has 0 amide bonds. The summed E-state index contributed by atoms with van der Waals surface area (Å²) in [6, 6.07) is 18.1. The van der Waals surface area contributed by atoms with Crippen molar-refractivity contribution < 1.29 is 4.74 Å². The summed E-state index contributed by atoms with van der Waals surface area (Å²) in [5, 5.41) is 6.59. The Kier molecular flexibility index (Phi) is 5.91. The predicted molar refractivity (Wildman–Crippen MR) is 111 cm³/mol. The van der Waals surface area contributed by atoms with Crippen molar-refractivity contribution in [3.63, 3.8) is 0 Å². The molecule has 0 aliphatic heterocycles. The first-order valence-corrected chi connectivity index (χ1v) is 9.27. The van der Waals surface area contributed by atoms with Gasteiger partial charge in [-0.15, -0.1) is 0 Å². The Bertz CT molecular complexity index is 874. The van der Waals surface area contributed by atoms with Crippen LogP contribution in [-0.4, -0.2) is 16.1 Å². The zero-order valence-corrected chi connectivity index (χ0v) is 16.3. The molecule has 5 nitrogen and oxygen atoms in total. The minimum absolute atomic E-state index is 0.161. The van der Waals surface area contributed by atoms with Crippen LogP contribution in [0.1, 0.15) is 32.0 Å². The highest BCUT2D eigenvalue weighted by atomic mass is 16.5. The van der Waals surface area contributed by atoms with E-state index in [1.165, 1.54) is 5.56 Å². The van der Waals surface area contributed by atoms with Gasteiger partial charge in [0, 0.05) is 23.1 Å². The number of aryl methyl sites for hydroxylation is 2. The van der Waals surface area contributed by atoms with E-state index in [1.54, 1.807) is 0 Å². The number of anilines is 4. The minimum Gasteiger partial charge on any atom is -0.491 e. The quantitative estimate of drug-likeness (QED) is 0.571. The lowest BCUT2D eigenvalue weighted by atomic mass is 10.1. The Hall–Kier alpha value is -3.08. The predicted octanol–water partition coefficient (Wildman–Crippen LogP) is 5.62. The number of aromatic nitrogens is 2. The number of rotatable bonds is 7. The second-order valence-corrected chi connectivity index (χ2v) is 6.71. The van der Waals surface area contributed by atoms with Gasteiger partial charge in [0.25, 0.3) is 0 Å². The number of ether oxygens (including phenoxy) is 1. The summed E-state index contributed by atoms with van der Waals surface area (Å²) >= 11 is 0. The molecule has 2 aromatic carbocycles. The van der Waals surface area contributed by atoms with Crippen LogP contribution in [0.15, 0.2) is 54.6 Å². The zero-order chi connectivity index (χ0) is 19.2. The average molecular weight is 362 g/mol. The Balaban J connectivity index is 1.72. The number of nitrogens with zero attached hydrogens (tertiary/aromatic N) is 2. The SMILES string of the molecule is CCc1ccc(Nc2nc(C)cc(Nc3ccc(OC(C)C)cc3)n2)cc1.